The maximum atomic E-state index is 13.6. The first-order valence-electron chi connectivity index (χ1n) is 7.21. The van der Waals surface area contributed by atoms with E-state index in [-0.39, 0.29) is 5.82 Å². The summed E-state index contributed by atoms with van der Waals surface area (Å²) in [5.74, 6) is 1.33. The van der Waals surface area contributed by atoms with Gasteiger partial charge in [0, 0.05) is 18.2 Å². The molecule has 0 bridgehead atoms. The number of hydrogen-bond donors (Lipinski definition) is 0. The first-order chi connectivity index (χ1) is 11.0. The van der Waals surface area contributed by atoms with Crippen LogP contribution in [-0.2, 0) is 13.1 Å². The molecule has 0 saturated heterocycles. The molecule has 1 aromatic carbocycles. The van der Waals surface area contributed by atoms with Crippen LogP contribution in [0.1, 0.15) is 22.9 Å². The van der Waals surface area contributed by atoms with Gasteiger partial charge in [0.05, 0.1) is 12.2 Å². The number of halogens is 1. The zero-order chi connectivity index (χ0) is 16.4. The number of rotatable bonds is 5. The molecule has 7 heteroatoms. The number of hydrogen-bond acceptors (Lipinski definition) is 6. The van der Waals surface area contributed by atoms with Gasteiger partial charge >= 0.3 is 0 Å². The van der Waals surface area contributed by atoms with Crippen molar-refractivity contribution in [2.24, 2.45) is 0 Å². The second-order valence-electron chi connectivity index (χ2n) is 5.58. The third kappa shape index (κ3) is 3.62. The minimum atomic E-state index is -0.285. The lowest BCUT2D eigenvalue weighted by atomic mass is 10.1. The zero-order valence-corrected chi connectivity index (χ0v) is 13.2. The van der Waals surface area contributed by atoms with Crippen LogP contribution < -0.4 is 0 Å². The van der Waals surface area contributed by atoms with Gasteiger partial charge in [0.2, 0.25) is 11.7 Å². The fraction of sp³-hybridized carbons (Fsp3) is 0.312. The average molecular weight is 316 g/mol. The summed E-state index contributed by atoms with van der Waals surface area (Å²) < 4.78 is 23.9. The van der Waals surface area contributed by atoms with E-state index in [2.05, 4.69) is 15.3 Å². The maximum Gasteiger partial charge on any atom is 0.241 e. The zero-order valence-electron chi connectivity index (χ0n) is 13.2. The van der Waals surface area contributed by atoms with Gasteiger partial charge in [-0.1, -0.05) is 22.4 Å². The highest BCUT2D eigenvalue weighted by Gasteiger charge is 2.13. The molecule has 0 aliphatic carbocycles. The highest BCUT2D eigenvalue weighted by atomic mass is 19.1. The summed E-state index contributed by atoms with van der Waals surface area (Å²) in [6, 6.07) is 6.76. The second kappa shape index (κ2) is 6.29. The molecule has 3 rings (SSSR count). The van der Waals surface area contributed by atoms with Crippen molar-refractivity contribution < 1.29 is 13.4 Å². The summed E-state index contributed by atoms with van der Waals surface area (Å²) >= 11 is 0. The Morgan fingerprint density at radius 1 is 1.09 bits per heavy atom. The largest absolute Gasteiger partial charge is 0.361 e. The van der Waals surface area contributed by atoms with Crippen LogP contribution in [0, 0.1) is 19.7 Å². The Morgan fingerprint density at radius 3 is 2.61 bits per heavy atom. The van der Waals surface area contributed by atoms with E-state index in [9.17, 15) is 4.39 Å². The second-order valence-corrected chi connectivity index (χ2v) is 5.58. The van der Waals surface area contributed by atoms with Crippen molar-refractivity contribution in [3.8, 4) is 11.4 Å². The van der Waals surface area contributed by atoms with E-state index in [1.807, 2.05) is 24.9 Å². The van der Waals surface area contributed by atoms with Crippen LogP contribution in [0.2, 0.25) is 0 Å². The molecular formula is C16H17FN4O2. The average Bonchev–Trinajstić information content (AvgIpc) is 3.11. The van der Waals surface area contributed by atoms with Gasteiger partial charge in [0.15, 0.2) is 0 Å². The molecule has 23 heavy (non-hydrogen) atoms. The summed E-state index contributed by atoms with van der Waals surface area (Å²) in [5, 5.41) is 7.85. The lowest BCUT2D eigenvalue weighted by Gasteiger charge is -2.11. The van der Waals surface area contributed by atoms with Crippen LogP contribution in [0.4, 0.5) is 4.39 Å². The van der Waals surface area contributed by atoms with Gasteiger partial charge in [-0.3, -0.25) is 4.90 Å². The van der Waals surface area contributed by atoms with Crippen molar-refractivity contribution in [3.05, 3.63) is 53.0 Å². The van der Waals surface area contributed by atoms with Crippen molar-refractivity contribution in [1.82, 2.24) is 20.2 Å². The molecule has 0 spiro atoms. The van der Waals surface area contributed by atoms with Crippen molar-refractivity contribution in [3.63, 3.8) is 0 Å². The van der Waals surface area contributed by atoms with Crippen LogP contribution in [0.3, 0.4) is 0 Å². The molecular weight excluding hydrogens is 299 g/mol. The molecule has 0 saturated carbocycles. The van der Waals surface area contributed by atoms with Crippen LogP contribution in [0.15, 0.2) is 33.3 Å². The van der Waals surface area contributed by atoms with Crippen LogP contribution in [0.5, 0.6) is 0 Å². The van der Waals surface area contributed by atoms with Crippen molar-refractivity contribution in [2.45, 2.75) is 26.9 Å². The molecule has 0 fully saturated rings. The molecule has 6 nitrogen and oxygen atoms in total. The fourth-order valence-electron chi connectivity index (χ4n) is 2.22. The van der Waals surface area contributed by atoms with Gasteiger partial charge in [-0.25, -0.2) is 4.39 Å². The van der Waals surface area contributed by atoms with E-state index in [1.54, 1.807) is 19.1 Å². The quantitative estimate of drug-likeness (QED) is 0.720. The Hall–Kier alpha value is -2.54. The first kappa shape index (κ1) is 15.4. The number of benzene rings is 1. The van der Waals surface area contributed by atoms with Crippen LogP contribution in [-0.4, -0.2) is 27.2 Å². The lowest BCUT2D eigenvalue weighted by molar-refractivity contribution is 0.254. The Labute approximate surface area is 132 Å². The number of aryl methyl sites for hydroxylation is 2. The van der Waals surface area contributed by atoms with E-state index >= 15 is 0 Å². The molecule has 0 atom stereocenters. The molecule has 0 aliphatic heterocycles. The Kier molecular flexibility index (Phi) is 4.20. The van der Waals surface area contributed by atoms with E-state index in [0.29, 0.717) is 35.9 Å². The van der Waals surface area contributed by atoms with Crippen LogP contribution in [0.25, 0.3) is 11.4 Å². The van der Waals surface area contributed by atoms with E-state index < -0.39 is 0 Å². The van der Waals surface area contributed by atoms with Crippen molar-refractivity contribution in [2.75, 3.05) is 7.05 Å². The summed E-state index contributed by atoms with van der Waals surface area (Å²) in [6.07, 6.45) is 0. The standard InChI is InChI=1S/C16H17FN4O2/c1-10-4-5-12(7-14(10)17)16-18-15(23-20-16)9-21(3)8-13-6-11(2)22-19-13/h4-7H,8-9H2,1-3H3. The molecule has 0 aliphatic rings. The Morgan fingerprint density at radius 2 is 1.91 bits per heavy atom. The molecule has 3 aromatic rings. The maximum absolute atomic E-state index is 13.6. The molecule has 120 valence electrons. The summed E-state index contributed by atoms with van der Waals surface area (Å²) in [4.78, 5) is 6.28. The van der Waals surface area contributed by atoms with Gasteiger partial charge in [-0.05, 0) is 32.5 Å². The Balaban J connectivity index is 1.67. The minimum absolute atomic E-state index is 0.285. The molecule has 0 N–H and O–H groups in total. The smallest absolute Gasteiger partial charge is 0.241 e. The minimum Gasteiger partial charge on any atom is -0.361 e. The van der Waals surface area contributed by atoms with E-state index in [1.165, 1.54) is 6.07 Å². The third-order valence-corrected chi connectivity index (χ3v) is 3.41. The molecule has 0 radical (unpaired) electrons. The van der Waals surface area contributed by atoms with Gasteiger partial charge in [-0.2, -0.15) is 4.98 Å². The van der Waals surface area contributed by atoms with Gasteiger partial charge in [0.25, 0.3) is 0 Å². The highest BCUT2D eigenvalue weighted by Crippen LogP contribution is 2.19. The molecule has 0 unspecified atom stereocenters. The van der Waals surface area contributed by atoms with Crippen molar-refractivity contribution >= 4 is 0 Å². The van der Waals surface area contributed by atoms with Gasteiger partial charge in [-0.15, -0.1) is 0 Å². The predicted molar refractivity (Wildman–Crippen MR) is 80.8 cm³/mol. The molecule has 2 heterocycles. The number of nitrogens with zero attached hydrogens (tertiary/aromatic N) is 4. The van der Waals surface area contributed by atoms with E-state index in [4.69, 9.17) is 9.05 Å². The predicted octanol–water partition coefficient (Wildman–Crippen LogP) is 3.11. The molecule has 2 aromatic heterocycles. The van der Waals surface area contributed by atoms with Crippen LogP contribution >= 0.6 is 0 Å². The third-order valence-electron chi connectivity index (χ3n) is 3.41. The summed E-state index contributed by atoms with van der Waals surface area (Å²) in [6.45, 7) is 4.63. The monoisotopic (exact) mass is 316 g/mol. The van der Waals surface area contributed by atoms with E-state index in [0.717, 1.165) is 11.5 Å². The topological polar surface area (TPSA) is 68.2 Å². The number of aromatic nitrogens is 3. The summed E-state index contributed by atoms with van der Waals surface area (Å²) in [5.41, 5.74) is 2.02. The lowest BCUT2D eigenvalue weighted by Crippen LogP contribution is -2.17. The summed E-state index contributed by atoms with van der Waals surface area (Å²) in [7, 11) is 1.92. The Bertz CT molecular complexity index is 812. The normalized spacial score (nSPS) is 11.3. The molecule has 0 amide bonds. The highest BCUT2D eigenvalue weighted by molar-refractivity contribution is 5.54. The first-order valence-corrected chi connectivity index (χ1v) is 7.21. The van der Waals surface area contributed by atoms with Gasteiger partial charge in [0.1, 0.15) is 11.6 Å². The van der Waals surface area contributed by atoms with Gasteiger partial charge < -0.3 is 9.05 Å². The van der Waals surface area contributed by atoms with Crippen molar-refractivity contribution in [1.29, 1.82) is 0 Å². The fourth-order valence-corrected chi connectivity index (χ4v) is 2.22. The SMILES string of the molecule is Cc1cc(CN(C)Cc2nc(-c3ccc(C)c(F)c3)no2)no1.